The van der Waals surface area contributed by atoms with Gasteiger partial charge in [0.15, 0.2) is 0 Å². The monoisotopic (exact) mass is 254 g/mol. The lowest BCUT2D eigenvalue weighted by atomic mass is 9.88. The Kier molecular flexibility index (Phi) is 4.68. The van der Waals surface area contributed by atoms with Gasteiger partial charge in [-0.05, 0) is 25.3 Å². The van der Waals surface area contributed by atoms with Crippen LogP contribution in [0.1, 0.15) is 46.0 Å². The van der Waals surface area contributed by atoms with Crippen molar-refractivity contribution in [2.24, 2.45) is 5.41 Å². The van der Waals surface area contributed by atoms with Gasteiger partial charge in [0, 0.05) is 31.7 Å². The second kappa shape index (κ2) is 5.89. The summed E-state index contributed by atoms with van der Waals surface area (Å²) in [5, 5.41) is 9.74. The molecule has 2 rings (SSSR count). The highest BCUT2D eigenvalue weighted by atomic mass is 16.3. The molecule has 2 aliphatic rings. The highest BCUT2D eigenvalue weighted by Gasteiger charge is 2.36. The van der Waals surface area contributed by atoms with E-state index in [0.717, 1.165) is 19.6 Å². The number of hydrogen-bond acceptors (Lipinski definition) is 3. The number of rotatable bonds is 2. The quantitative estimate of drug-likeness (QED) is 0.816. The molecule has 1 N–H and O–H groups in total. The average Bonchev–Trinajstić information content (AvgIpc) is 2.45. The van der Waals surface area contributed by atoms with Crippen molar-refractivity contribution in [2.75, 3.05) is 33.3 Å². The lowest BCUT2D eigenvalue weighted by Gasteiger charge is -2.41. The second-order valence-corrected chi connectivity index (χ2v) is 7.16. The third kappa shape index (κ3) is 3.46. The van der Waals surface area contributed by atoms with Gasteiger partial charge >= 0.3 is 0 Å². The molecule has 3 heteroatoms. The minimum Gasteiger partial charge on any atom is -0.395 e. The zero-order chi connectivity index (χ0) is 13.2. The third-order valence-electron chi connectivity index (χ3n) is 4.55. The Bertz CT molecular complexity index is 261. The van der Waals surface area contributed by atoms with Crippen molar-refractivity contribution in [3.05, 3.63) is 0 Å². The summed E-state index contributed by atoms with van der Waals surface area (Å²) >= 11 is 0. The van der Waals surface area contributed by atoms with Gasteiger partial charge in [-0.25, -0.2) is 0 Å². The zero-order valence-electron chi connectivity index (χ0n) is 12.4. The first-order valence-corrected chi connectivity index (χ1v) is 7.57. The van der Waals surface area contributed by atoms with Crippen molar-refractivity contribution in [3.63, 3.8) is 0 Å². The lowest BCUT2D eigenvalue weighted by Crippen LogP contribution is -2.50. The molecule has 0 aromatic carbocycles. The molecule has 0 radical (unpaired) electrons. The first-order valence-electron chi connectivity index (χ1n) is 7.57. The molecule has 1 unspecified atom stereocenters. The van der Waals surface area contributed by atoms with Gasteiger partial charge in [-0.15, -0.1) is 0 Å². The fourth-order valence-corrected chi connectivity index (χ4v) is 3.94. The molecule has 2 fully saturated rings. The molecule has 3 nitrogen and oxygen atoms in total. The van der Waals surface area contributed by atoms with Gasteiger partial charge in [0.2, 0.25) is 0 Å². The van der Waals surface area contributed by atoms with Crippen LogP contribution < -0.4 is 0 Å². The third-order valence-corrected chi connectivity index (χ3v) is 4.55. The summed E-state index contributed by atoms with van der Waals surface area (Å²) in [5.74, 6) is 0. The van der Waals surface area contributed by atoms with Gasteiger partial charge in [0.05, 0.1) is 6.61 Å². The molecule has 1 saturated carbocycles. The minimum atomic E-state index is 0.303. The molecule has 1 heterocycles. The summed E-state index contributed by atoms with van der Waals surface area (Å²) in [7, 11) is 2.19. The minimum absolute atomic E-state index is 0.303. The summed E-state index contributed by atoms with van der Waals surface area (Å²) in [4.78, 5) is 5.02. The van der Waals surface area contributed by atoms with Crippen LogP contribution in [0.15, 0.2) is 0 Å². The Labute approximate surface area is 112 Å². The number of hydrogen-bond donors (Lipinski definition) is 1. The normalized spacial score (nSPS) is 32.3. The number of aliphatic hydroxyl groups excluding tert-OH is 1. The van der Waals surface area contributed by atoms with Gasteiger partial charge in [-0.3, -0.25) is 4.90 Å². The van der Waals surface area contributed by atoms with Crippen molar-refractivity contribution >= 4 is 0 Å². The van der Waals surface area contributed by atoms with E-state index in [1.165, 1.54) is 32.1 Å². The van der Waals surface area contributed by atoms with Crippen molar-refractivity contribution in [2.45, 2.75) is 58.0 Å². The Morgan fingerprint density at radius 1 is 1.11 bits per heavy atom. The molecule has 1 atom stereocenters. The maximum atomic E-state index is 9.74. The Morgan fingerprint density at radius 2 is 1.78 bits per heavy atom. The summed E-state index contributed by atoms with van der Waals surface area (Å²) < 4.78 is 0. The predicted octanol–water partition coefficient (Wildman–Crippen LogP) is 1.95. The van der Waals surface area contributed by atoms with E-state index in [2.05, 4.69) is 30.7 Å². The van der Waals surface area contributed by atoms with E-state index in [0.29, 0.717) is 24.1 Å². The lowest BCUT2D eigenvalue weighted by molar-refractivity contribution is 0.0490. The molecule has 1 aliphatic carbocycles. The van der Waals surface area contributed by atoms with E-state index in [9.17, 15) is 5.11 Å². The molecule has 0 aromatic rings. The summed E-state index contributed by atoms with van der Waals surface area (Å²) in [6.45, 7) is 8.30. The van der Waals surface area contributed by atoms with Crippen LogP contribution in [0.4, 0.5) is 0 Å². The molecule has 0 bridgehead atoms. The topological polar surface area (TPSA) is 26.7 Å². The average molecular weight is 254 g/mol. The molecule has 1 aliphatic heterocycles. The van der Waals surface area contributed by atoms with Gasteiger partial charge in [-0.1, -0.05) is 33.1 Å². The van der Waals surface area contributed by atoms with Gasteiger partial charge in [0.25, 0.3) is 0 Å². The van der Waals surface area contributed by atoms with E-state index in [1.807, 2.05) is 0 Å². The SMILES string of the molecule is CN1CC(CO)N(C2CCCCC2)CC(C)(C)C1. The maximum absolute atomic E-state index is 9.74. The van der Waals surface area contributed by atoms with Crippen LogP contribution >= 0.6 is 0 Å². The first kappa shape index (κ1) is 14.3. The Balaban J connectivity index is 2.11. The van der Waals surface area contributed by atoms with Crippen LogP contribution in [0, 0.1) is 5.41 Å². The number of likely N-dealkylation sites (N-methyl/N-ethyl adjacent to an activating group) is 1. The summed E-state index contributed by atoms with van der Waals surface area (Å²) in [6.07, 6.45) is 6.80. The smallest absolute Gasteiger partial charge is 0.0599 e. The second-order valence-electron chi connectivity index (χ2n) is 7.16. The van der Waals surface area contributed by atoms with Gasteiger partial charge in [-0.2, -0.15) is 0 Å². The summed E-state index contributed by atoms with van der Waals surface area (Å²) in [6, 6.07) is 1.04. The highest BCUT2D eigenvalue weighted by Crippen LogP contribution is 2.30. The van der Waals surface area contributed by atoms with Crippen molar-refractivity contribution in [1.29, 1.82) is 0 Å². The predicted molar refractivity (Wildman–Crippen MR) is 75.7 cm³/mol. The zero-order valence-corrected chi connectivity index (χ0v) is 12.4. The van der Waals surface area contributed by atoms with Gasteiger partial charge < -0.3 is 10.0 Å². The molecule has 106 valence electrons. The maximum Gasteiger partial charge on any atom is 0.0599 e. The van der Waals surface area contributed by atoms with E-state index in [-0.39, 0.29) is 0 Å². The van der Waals surface area contributed by atoms with Crippen LogP contribution in [0.5, 0.6) is 0 Å². The van der Waals surface area contributed by atoms with Crippen LogP contribution in [0.3, 0.4) is 0 Å². The molecule has 0 spiro atoms. The van der Waals surface area contributed by atoms with E-state index >= 15 is 0 Å². The largest absolute Gasteiger partial charge is 0.395 e. The first-order chi connectivity index (χ1) is 8.52. The van der Waals surface area contributed by atoms with Crippen LogP contribution in [0.2, 0.25) is 0 Å². The number of aliphatic hydroxyl groups is 1. The standard InChI is InChI=1S/C15H30N2O/c1-15(2)11-16(3)9-14(10-18)17(12-15)13-7-5-4-6-8-13/h13-14,18H,4-12H2,1-3H3. The molecule has 0 aromatic heterocycles. The summed E-state index contributed by atoms with van der Waals surface area (Å²) in [5.41, 5.74) is 0.329. The molecule has 18 heavy (non-hydrogen) atoms. The van der Waals surface area contributed by atoms with E-state index in [1.54, 1.807) is 0 Å². The van der Waals surface area contributed by atoms with Crippen LogP contribution in [-0.2, 0) is 0 Å². The fourth-order valence-electron chi connectivity index (χ4n) is 3.94. The molecular formula is C15H30N2O. The van der Waals surface area contributed by atoms with Crippen molar-refractivity contribution in [3.8, 4) is 0 Å². The highest BCUT2D eigenvalue weighted by molar-refractivity contribution is 4.91. The molecule has 1 saturated heterocycles. The van der Waals surface area contributed by atoms with Crippen molar-refractivity contribution in [1.82, 2.24) is 9.80 Å². The van der Waals surface area contributed by atoms with Crippen LogP contribution in [0.25, 0.3) is 0 Å². The van der Waals surface area contributed by atoms with Crippen LogP contribution in [-0.4, -0.2) is 60.3 Å². The Morgan fingerprint density at radius 3 is 2.39 bits per heavy atom. The molecular weight excluding hydrogens is 224 g/mol. The molecule has 0 amide bonds. The van der Waals surface area contributed by atoms with Crippen molar-refractivity contribution < 1.29 is 5.11 Å². The number of nitrogens with zero attached hydrogens (tertiary/aromatic N) is 2. The van der Waals surface area contributed by atoms with E-state index < -0.39 is 0 Å². The Hall–Kier alpha value is -0.120. The fraction of sp³-hybridized carbons (Fsp3) is 1.00. The van der Waals surface area contributed by atoms with E-state index in [4.69, 9.17) is 0 Å². The van der Waals surface area contributed by atoms with Gasteiger partial charge in [0.1, 0.15) is 0 Å².